The first kappa shape index (κ1) is 17.1. The zero-order chi connectivity index (χ0) is 18.4. The molecule has 1 amide bonds. The number of carbonyl (C=O) groups is 2. The summed E-state index contributed by atoms with van der Waals surface area (Å²) >= 11 is 0. The Morgan fingerprint density at radius 2 is 2.00 bits per heavy atom. The Labute approximate surface area is 146 Å². The Morgan fingerprint density at radius 1 is 1.28 bits per heavy atom. The molecule has 0 aliphatic carbocycles. The first-order valence-corrected chi connectivity index (χ1v) is 8.30. The van der Waals surface area contributed by atoms with Crippen LogP contribution in [0.4, 0.5) is 10.5 Å². The van der Waals surface area contributed by atoms with Crippen LogP contribution < -0.4 is 4.90 Å². The minimum atomic E-state index is -0.643. The van der Waals surface area contributed by atoms with Crippen molar-refractivity contribution in [2.75, 3.05) is 4.90 Å². The summed E-state index contributed by atoms with van der Waals surface area (Å²) in [6.07, 6.45) is 4.74. The lowest BCUT2D eigenvalue weighted by atomic mass is 10.1. The number of Topliss-reactive ketones (excluding diaryl/α,β-unsaturated/α-hetero) is 1. The van der Waals surface area contributed by atoms with E-state index in [2.05, 4.69) is 10.1 Å². The number of nitrogens with zero attached hydrogens (tertiary/aromatic N) is 4. The van der Waals surface area contributed by atoms with Gasteiger partial charge in [0.25, 0.3) is 0 Å². The number of hydrogen-bond acceptors (Lipinski definition) is 5. The van der Waals surface area contributed by atoms with E-state index in [-0.39, 0.29) is 5.78 Å². The Balaban J connectivity index is 2.01. The fourth-order valence-corrected chi connectivity index (χ4v) is 2.76. The van der Waals surface area contributed by atoms with Gasteiger partial charge in [0, 0.05) is 30.1 Å². The second-order valence-electron chi connectivity index (χ2n) is 7.07. The molecule has 0 spiro atoms. The first-order valence-electron chi connectivity index (χ1n) is 8.30. The normalized spacial score (nSPS) is 16.9. The summed E-state index contributed by atoms with van der Waals surface area (Å²) in [4.78, 5) is 30.7. The van der Waals surface area contributed by atoms with Crippen molar-refractivity contribution in [3.63, 3.8) is 0 Å². The van der Waals surface area contributed by atoms with Crippen molar-refractivity contribution in [1.29, 1.82) is 0 Å². The summed E-state index contributed by atoms with van der Waals surface area (Å²) in [6, 6.07) is 1.16. The Hall–Kier alpha value is -2.70. The van der Waals surface area contributed by atoms with Gasteiger partial charge >= 0.3 is 6.09 Å². The van der Waals surface area contributed by atoms with Crippen LogP contribution in [0, 0.1) is 0 Å². The van der Waals surface area contributed by atoms with Crippen LogP contribution >= 0.6 is 0 Å². The third-order valence-corrected chi connectivity index (χ3v) is 4.01. The van der Waals surface area contributed by atoms with Gasteiger partial charge in [-0.2, -0.15) is 5.10 Å². The van der Waals surface area contributed by atoms with Crippen LogP contribution in [0.2, 0.25) is 0 Å². The molecule has 0 fully saturated rings. The number of carbonyl (C=O) groups excluding carboxylic acids is 2. The molecule has 7 heteroatoms. The summed E-state index contributed by atoms with van der Waals surface area (Å²) in [6.45, 7) is 9.83. The highest BCUT2D eigenvalue weighted by molar-refractivity contribution is 6.15. The van der Waals surface area contributed by atoms with E-state index < -0.39 is 17.7 Å². The molecule has 3 rings (SSSR count). The second-order valence-corrected chi connectivity index (χ2v) is 7.07. The number of aromatic nitrogens is 3. The topological polar surface area (TPSA) is 77.3 Å². The number of aryl methyl sites for hydroxylation is 1. The molecule has 7 nitrogen and oxygen atoms in total. The first-order chi connectivity index (χ1) is 11.7. The van der Waals surface area contributed by atoms with E-state index in [1.807, 2.05) is 17.8 Å². The molecular formula is C18H22N4O3. The Morgan fingerprint density at radius 3 is 2.60 bits per heavy atom. The molecule has 3 heterocycles. The maximum atomic E-state index is 12.6. The lowest BCUT2D eigenvalue weighted by molar-refractivity contribution is 0.0564. The average Bonchev–Trinajstić information content (AvgIpc) is 3.09. The number of rotatable bonds is 2. The fraction of sp³-hybridized carbons (Fsp3) is 0.444. The predicted octanol–water partition coefficient (Wildman–Crippen LogP) is 3.29. The number of ketones is 1. The molecule has 1 aliphatic rings. The van der Waals surface area contributed by atoms with Gasteiger partial charge in [-0.1, -0.05) is 0 Å². The van der Waals surface area contributed by atoms with Gasteiger partial charge in [-0.15, -0.1) is 0 Å². The van der Waals surface area contributed by atoms with E-state index in [0.29, 0.717) is 11.4 Å². The summed E-state index contributed by atoms with van der Waals surface area (Å²) in [5, 5.41) is 4.25. The van der Waals surface area contributed by atoms with Crippen LogP contribution in [0.25, 0.3) is 11.1 Å². The van der Waals surface area contributed by atoms with Crippen molar-refractivity contribution in [1.82, 2.24) is 14.8 Å². The van der Waals surface area contributed by atoms with E-state index in [0.717, 1.165) is 17.7 Å². The number of ether oxygens (including phenoxy) is 1. The smallest absolute Gasteiger partial charge is 0.415 e. The van der Waals surface area contributed by atoms with Gasteiger partial charge in [-0.3, -0.25) is 19.4 Å². The van der Waals surface area contributed by atoms with Gasteiger partial charge in [-0.25, -0.2) is 4.79 Å². The molecule has 0 N–H and O–H groups in total. The maximum absolute atomic E-state index is 12.6. The third-order valence-electron chi connectivity index (χ3n) is 4.01. The van der Waals surface area contributed by atoms with E-state index >= 15 is 0 Å². The van der Waals surface area contributed by atoms with E-state index in [4.69, 9.17) is 4.74 Å². The summed E-state index contributed by atoms with van der Waals surface area (Å²) in [7, 11) is 0. The van der Waals surface area contributed by atoms with Crippen molar-refractivity contribution in [2.24, 2.45) is 0 Å². The molecule has 25 heavy (non-hydrogen) atoms. The largest absolute Gasteiger partial charge is 0.443 e. The van der Waals surface area contributed by atoms with Crippen LogP contribution in [-0.2, 0) is 11.3 Å². The van der Waals surface area contributed by atoms with Crippen molar-refractivity contribution < 1.29 is 14.3 Å². The molecule has 0 radical (unpaired) electrons. The Kier molecular flexibility index (Phi) is 4.10. The van der Waals surface area contributed by atoms with Gasteiger partial charge in [0.15, 0.2) is 0 Å². The van der Waals surface area contributed by atoms with Crippen molar-refractivity contribution in [3.05, 3.63) is 30.4 Å². The van der Waals surface area contributed by atoms with Crippen molar-refractivity contribution in [2.45, 2.75) is 52.8 Å². The minimum absolute atomic E-state index is 0.184. The molecule has 2 aromatic heterocycles. The van der Waals surface area contributed by atoms with Gasteiger partial charge in [-0.05, 0) is 40.7 Å². The fourth-order valence-electron chi connectivity index (χ4n) is 2.76. The SMILES string of the molecule is CCn1cc(-c2cnc3c(c2)N(C(=O)OC(C)(C)C)C(C)C3=O)cn1. The summed E-state index contributed by atoms with van der Waals surface area (Å²) < 4.78 is 7.26. The highest BCUT2D eigenvalue weighted by Gasteiger charge is 2.41. The van der Waals surface area contributed by atoms with Crippen LogP contribution in [-0.4, -0.2) is 38.3 Å². The van der Waals surface area contributed by atoms with E-state index in [1.54, 1.807) is 46.2 Å². The molecule has 0 saturated carbocycles. The van der Waals surface area contributed by atoms with Crippen LogP contribution in [0.3, 0.4) is 0 Å². The van der Waals surface area contributed by atoms with Gasteiger partial charge < -0.3 is 4.74 Å². The lowest BCUT2D eigenvalue weighted by Gasteiger charge is -2.26. The number of pyridine rings is 1. The molecule has 0 aromatic carbocycles. The number of fused-ring (bicyclic) bond motifs is 1. The number of anilines is 1. The number of hydrogen-bond donors (Lipinski definition) is 0. The van der Waals surface area contributed by atoms with Crippen LogP contribution in [0.1, 0.15) is 45.1 Å². The molecule has 2 aromatic rings. The van der Waals surface area contributed by atoms with Crippen molar-refractivity contribution in [3.8, 4) is 11.1 Å². The van der Waals surface area contributed by atoms with Gasteiger partial charge in [0.05, 0.1) is 11.9 Å². The summed E-state index contributed by atoms with van der Waals surface area (Å²) in [5.41, 5.74) is 1.82. The Bertz CT molecular complexity index is 835. The average molecular weight is 342 g/mol. The number of amides is 1. The van der Waals surface area contributed by atoms with Gasteiger partial charge in [0.1, 0.15) is 17.3 Å². The van der Waals surface area contributed by atoms with Crippen LogP contribution in [0.15, 0.2) is 24.7 Å². The second kappa shape index (κ2) is 5.98. The third kappa shape index (κ3) is 3.14. The highest BCUT2D eigenvalue weighted by atomic mass is 16.6. The maximum Gasteiger partial charge on any atom is 0.415 e. The lowest BCUT2D eigenvalue weighted by Crippen LogP contribution is -2.41. The molecule has 132 valence electrons. The van der Waals surface area contributed by atoms with Crippen molar-refractivity contribution >= 4 is 17.6 Å². The minimum Gasteiger partial charge on any atom is -0.443 e. The molecule has 0 saturated heterocycles. The summed E-state index contributed by atoms with van der Waals surface area (Å²) in [5.74, 6) is -0.184. The zero-order valence-electron chi connectivity index (χ0n) is 15.1. The quantitative estimate of drug-likeness (QED) is 0.837. The van der Waals surface area contributed by atoms with E-state index in [1.165, 1.54) is 4.90 Å². The predicted molar refractivity (Wildman–Crippen MR) is 93.6 cm³/mol. The molecular weight excluding hydrogens is 320 g/mol. The zero-order valence-corrected chi connectivity index (χ0v) is 15.1. The molecule has 1 unspecified atom stereocenters. The van der Waals surface area contributed by atoms with Gasteiger partial charge in [0.2, 0.25) is 5.78 Å². The van der Waals surface area contributed by atoms with Crippen LogP contribution in [0.5, 0.6) is 0 Å². The molecule has 1 atom stereocenters. The van der Waals surface area contributed by atoms with E-state index in [9.17, 15) is 9.59 Å². The monoisotopic (exact) mass is 342 g/mol. The standard InChI is InChI=1S/C18H22N4O3/c1-6-21-10-13(9-20-21)12-7-14-15(19-8-12)16(23)11(2)22(14)17(24)25-18(3,4)5/h7-11H,6H2,1-5H3. The molecule has 0 bridgehead atoms. The highest BCUT2D eigenvalue weighted by Crippen LogP contribution is 2.35. The molecule has 1 aliphatic heterocycles.